The largest absolute Gasteiger partial charge is 0.454 e. The Bertz CT molecular complexity index is 926. The van der Waals surface area contributed by atoms with Crippen molar-refractivity contribution in [2.45, 2.75) is 32.7 Å². The molecule has 0 atom stereocenters. The number of amides is 2. The summed E-state index contributed by atoms with van der Waals surface area (Å²) in [5.74, 6) is 0.0261. The Morgan fingerprint density at radius 3 is 1.97 bits per heavy atom. The molecule has 2 amide bonds. The summed E-state index contributed by atoms with van der Waals surface area (Å²) in [6, 6.07) is 23.1. The highest BCUT2D eigenvalue weighted by atomic mass is 16.4. The van der Waals surface area contributed by atoms with Gasteiger partial charge in [0.15, 0.2) is 5.76 Å². The van der Waals surface area contributed by atoms with Crippen molar-refractivity contribution in [3.63, 3.8) is 0 Å². The first-order valence-electron chi connectivity index (χ1n) is 10.6. The highest BCUT2D eigenvalue weighted by Crippen LogP contribution is 2.27. The van der Waals surface area contributed by atoms with Gasteiger partial charge in [0.25, 0.3) is 0 Å². The van der Waals surface area contributed by atoms with Crippen LogP contribution in [0.15, 0.2) is 77.2 Å². The maximum absolute atomic E-state index is 12.6. The minimum absolute atomic E-state index is 0.108. The maximum Gasteiger partial charge on any atom is 0.305 e. The Hall–Kier alpha value is -3.38. The summed E-state index contributed by atoms with van der Waals surface area (Å²) in [6.07, 6.45) is 0.208. The van der Waals surface area contributed by atoms with Crippen LogP contribution in [0.4, 0.5) is 0 Å². The molecule has 3 rings (SSSR count). The normalized spacial score (nSPS) is 11.0. The van der Waals surface area contributed by atoms with E-state index in [-0.39, 0.29) is 24.0 Å². The van der Waals surface area contributed by atoms with Crippen molar-refractivity contribution in [1.82, 2.24) is 15.8 Å². The van der Waals surface area contributed by atoms with E-state index >= 15 is 0 Å². The number of hydrogen-bond acceptors (Lipinski definition) is 4. The Balaban J connectivity index is 1.59. The minimum atomic E-state index is -0.477. The second-order valence-electron chi connectivity index (χ2n) is 7.31. The van der Waals surface area contributed by atoms with Gasteiger partial charge in [0.2, 0.25) is 5.91 Å². The number of benzene rings is 2. The topological polar surface area (TPSA) is 74.6 Å². The van der Waals surface area contributed by atoms with Crippen LogP contribution < -0.4 is 10.9 Å². The molecule has 31 heavy (non-hydrogen) atoms. The van der Waals surface area contributed by atoms with Gasteiger partial charge in [-0.15, -0.1) is 0 Å². The quantitative estimate of drug-likeness (QED) is 0.512. The Labute approximate surface area is 183 Å². The van der Waals surface area contributed by atoms with Gasteiger partial charge in [0.1, 0.15) is 5.76 Å². The molecule has 0 unspecified atom stereocenters. The van der Waals surface area contributed by atoms with E-state index in [0.717, 1.165) is 24.2 Å². The van der Waals surface area contributed by atoms with Crippen molar-refractivity contribution in [2.24, 2.45) is 0 Å². The van der Waals surface area contributed by atoms with E-state index < -0.39 is 5.91 Å². The molecule has 6 heteroatoms. The lowest BCUT2D eigenvalue weighted by Crippen LogP contribution is -2.42. The third-order valence-electron chi connectivity index (χ3n) is 5.27. The van der Waals surface area contributed by atoms with Crippen LogP contribution in [0, 0.1) is 0 Å². The fourth-order valence-electron chi connectivity index (χ4n) is 3.48. The minimum Gasteiger partial charge on any atom is -0.454 e. The third kappa shape index (κ3) is 6.30. The van der Waals surface area contributed by atoms with Gasteiger partial charge in [-0.05, 0) is 36.3 Å². The van der Waals surface area contributed by atoms with E-state index in [1.54, 1.807) is 12.1 Å². The summed E-state index contributed by atoms with van der Waals surface area (Å²) in [6.45, 7) is 6.60. The molecule has 0 aliphatic carbocycles. The highest BCUT2D eigenvalue weighted by molar-refractivity contribution is 5.93. The molecule has 2 N–H and O–H groups in total. The molecule has 1 aromatic heterocycles. The zero-order valence-electron chi connectivity index (χ0n) is 18.0. The lowest BCUT2D eigenvalue weighted by atomic mass is 9.88. The predicted molar refractivity (Wildman–Crippen MR) is 120 cm³/mol. The molecule has 0 fully saturated rings. The molecule has 0 aliphatic rings. The number of carbonyl (C=O) groups excluding carboxylic acids is 2. The Morgan fingerprint density at radius 1 is 0.839 bits per heavy atom. The molecule has 0 aliphatic heterocycles. The Morgan fingerprint density at radius 2 is 1.42 bits per heavy atom. The zero-order valence-corrected chi connectivity index (χ0v) is 18.0. The van der Waals surface area contributed by atoms with Gasteiger partial charge in [-0.3, -0.25) is 25.3 Å². The molecule has 6 nitrogen and oxygen atoms in total. The lowest BCUT2D eigenvalue weighted by molar-refractivity contribution is -0.122. The molecule has 3 aromatic rings. The van der Waals surface area contributed by atoms with Crippen molar-refractivity contribution in [2.75, 3.05) is 13.1 Å². The van der Waals surface area contributed by atoms with Crippen LogP contribution in [0.5, 0.6) is 0 Å². The first-order chi connectivity index (χ1) is 15.1. The van der Waals surface area contributed by atoms with E-state index in [1.807, 2.05) is 60.7 Å². The summed E-state index contributed by atoms with van der Waals surface area (Å²) in [4.78, 5) is 27.2. The predicted octanol–water partition coefficient (Wildman–Crippen LogP) is 4.10. The molecule has 0 saturated heterocycles. The van der Waals surface area contributed by atoms with E-state index in [9.17, 15) is 9.59 Å². The second kappa shape index (κ2) is 11.1. The van der Waals surface area contributed by atoms with Crippen LogP contribution in [0.25, 0.3) is 0 Å². The number of nitrogens with one attached hydrogen (secondary N) is 2. The van der Waals surface area contributed by atoms with Crippen LogP contribution in [0.1, 0.15) is 53.6 Å². The molecular formula is C25H29N3O3. The number of furan rings is 1. The van der Waals surface area contributed by atoms with Crippen LogP contribution in [0.2, 0.25) is 0 Å². The zero-order chi connectivity index (χ0) is 22.1. The van der Waals surface area contributed by atoms with Crippen LogP contribution in [-0.4, -0.2) is 29.8 Å². The lowest BCUT2D eigenvalue weighted by Gasteiger charge is -2.18. The summed E-state index contributed by atoms with van der Waals surface area (Å²) in [5, 5.41) is 0. The van der Waals surface area contributed by atoms with E-state index in [1.165, 1.54) is 0 Å². The second-order valence-corrected chi connectivity index (χ2v) is 7.31. The number of hydrogen-bond donors (Lipinski definition) is 2. The molecule has 1 heterocycles. The number of carbonyl (C=O) groups is 2. The molecule has 0 spiro atoms. The Kier molecular flexibility index (Phi) is 8.01. The smallest absolute Gasteiger partial charge is 0.305 e. The van der Waals surface area contributed by atoms with E-state index in [0.29, 0.717) is 12.3 Å². The van der Waals surface area contributed by atoms with Gasteiger partial charge < -0.3 is 4.42 Å². The van der Waals surface area contributed by atoms with Gasteiger partial charge in [0, 0.05) is 12.3 Å². The van der Waals surface area contributed by atoms with Crippen molar-refractivity contribution in [1.29, 1.82) is 0 Å². The number of nitrogens with zero attached hydrogens (tertiary/aromatic N) is 1. The van der Waals surface area contributed by atoms with Gasteiger partial charge in [-0.2, -0.15) is 0 Å². The molecule has 0 bridgehead atoms. The molecule has 2 aromatic carbocycles. The third-order valence-corrected chi connectivity index (χ3v) is 5.27. The van der Waals surface area contributed by atoms with Crippen LogP contribution in [0.3, 0.4) is 0 Å². The fourth-order valence-corrected chi connectivity index (χ4v) is 3.48. The summed E-state index contributed by atoms with van der Waals surface area (Å²) in [5.41, 5.74) is 7.06. The fraction of sp³-hybridized carbons (Fsp3) is 0.280. The molecular weight excluding hydrogens is 390 g/mol. The first kappa shape index (κ1) is 22.3. The maximum atomic E-state index is 12.6. The van der Waals surface area contributed by atoms with Crippen molar-refractivity contribution in [3.8, 4) is 0 Å². The van der Waals surface area contributed by atoms with Gasteiger partial charge >= 0.3 is 5.91 Å². The van der Waals surface area contributed by atoms with Crippen molar-refractivity contribution in [3.05, 3.63) is 95.4 Å². The van der Waals surface area contributed by atoms with Gasteiger partial charge in [-0.1, -0.05) is 74.5 Å². The summed E-state index contributed by atoms with van der Waals surface area (Å²) in [7, 11) is 0. The van der Waals surface area contributed by atoms with Crippen LogP contribution in [-0.2, 0) is 11.3 Å². The standard InChI is InChI=1S/C25H29N3O3/c1-3-28(4-2)18-21-15-16-23(31-21)25(30)27-26-24(29)17-22(19-11-7-5-8-12-19)20-13-9-6-10-14-20/h5-16,22H,3-4,17-18H2,1-2H3,(H,26,29)(H,27,30). The van der Waals surface area contributed by atoms with Gasteiger partial charge in [-0.25, -0.2) is 0 Å². The molecule has 0 radical (unpaired) electrons. The van der Waals surface area contributed by atoms with Crippen LogP contribution >= 0.6 is 0 Å². The number of rotatable bonds is 9. The number of hydrazine groups is 1. The summed E-state index contributed by atoms with van der Waals surface area (Å²) >= 11 is 0. The SMILES string of the molecule is CCN(CC)Cc1ccc(C(=O)NNC(=O)CC(c2ccccc2)c2ccccc2)o1. The summed E-state index contributed by atoms with van der Waals surface area (Å²) < 4.78 is 5.63. The van der Waals surface area contributed by atoms with E-state index in [2.05, 4.69) is 29.6 Å². The highest BCUT2D eigenvalue weighted by Gasteiger charge is 2.19. The van der Waals surface area contributed by atoms with Gasteiger partial charge in [0.05, 0.1) is 6.54 Å². The average molecular weight is 420 g/mol. The van der Waals surface area contributed by atoms with Crippen molar-refractivity contribution < 1.29 is 14.0 Å². The molecule has 0 saturated carbocycles. The monoisotopic (exact) mass is 419 g/mol. The van der Waals surface area contributed by atoms with Crippen molar-refractivity contribution >= 4 is 11.8 Å². The first-order valence-corrected chi connectivity index (χ1v) is 10.6. The van der Waals surface area contributed by atoms with E-state index in [4.69, 9.17) is 4.42 Å². The molecule has 162 valence electrons. The average Bonchev–Trinajstić information content (AvgIpc) is 3.29.